The minimum absolute atomic E-state index is 0. The van der Waals surface area contributed by atoms with Crippen LogP contribution in [0.25, 0.3) is 0 Å². The monoisotopic (exact) mass is 474 g/mol. The number of rotatable bonds is 6. The largest absolute Gasteiger partial charge is 0.495 e. The van der Waals surface area contributed by atoms with Gasteiger partial charge in [0, 0.05) is 5.69 Å². The van der Waals surface area contributed by atoms with Crippen LogP contribution in [0.1, 0.15) is 11.6 Å². The smallest absolute Gasteiger partial charge is 0.193 e. The maximum atomic E-state index is 6.11. The molecule has 0 saturated heterocycles. The fraction of sp³-hybridized carbons (Fsp3) is 0.278. The van der Waals surface area contributed by atoms with Gasteiger partial charge >= 0.3 is 0 Å². The van der Waals surface area contributed by atoms with Crippen molar-refractivity contribution in [3.8, 4) is 5.75 Å². The van der Waals surface area contributed by atoms with E-state index >= 15 is 0 Å². The van der Waals surface area contributed by atoms with Gasteiger partial charge in [-0.2, -0.15) is 0 Å². The van der Waals surface area contributed by atoms with E-state index in [1.165, 1.54) is 5.56 Å². The van der Waals surface area contributed by atoms with Gasteiger partial charge in [0.25, 0.3) is 0 Å². The summed E-state index contributed by atoms with van der Waals surface area (Å²) < 4.78 is 5.13. The number of aliphatic imine (C=N–C) groups is 1. The Labute approximate surface area is 171 Å². The van der Waals surface area contributed by atoms with E-state index in [1.54, 1.807) is 19.2 Å². The number of guanidine groups is 1. The Hall–Kier alpha value is -1.51. The van der Waals surface area contributed by atoms with E-state index in [0.29, 0.717) is 23.3 Å². The number of benzene rings is 2. The number of halogens is 2. The minimum Gasteiger partial charge on any atom is -0.495 e. The molecule has 1 atom stereocenters. The number of methoxy groups -OCH3 is 1. The van der Waals surface area contributed by atoms with Crippen molar-refractivity contribution in [2.24, 2.45) is 10.7 Å². The van der Waals surface area contributed by atoms with E-state index in [4.69, 9.17) is 22.1 Å². The third-order valence-corrected chi connectivity index (χ3v) is 3.96. The zero-order valence-electron chi connectivity index (χ0n) is 14.6. The molecular weight excluding hydrogens is 451 g/mol. The second-order valence-corrected chi connectivity index (χ2v) is 6.00. The van der Waals surface area contributed by atoms with Crippen molar-refractivity contribution in [1.29, 1.82) is 0 Å². The molecule has 0 aromatic heterocycles. The van der Waals surface area contributed by atoms with Crippen LogP contribution in [0, 0.1) is 0 Å². The summed E-state index contributed by atoms with van der Waals surface area (Å²) in [6, 6.07) is 15.8. The molecule has 0 aliphatic heterocycles. The number of nitrogens with two attached hydrogens (primary N) is 1. The Morgan fingerprint density at radius 3 is 2.48 bits per heavy atom. The first-order valence-corrected chi connectivity index (χ1v) is 8.01. The zero-order chi connectivity index (χ0) is 17.5. The average Bonchev–Trinajstić information content (AvgIpc) is 2.56. The van der Waals surface area contributed by atoms with Gasteiger partial charge in [-0.05, 0) is 37.9 Å². The van der Waals surface area contributed by atoms with Gasteiger partial charge in [-0.15, -0.1) is 24.0 Å². The summed E-state index contributed by atoms with van der Waals surface area (Å²) in [5.41, 5.74) is 7.97. The number of nitrogens with one attached hydrogen (secondary N) is 1. The molecule has 3 N–H and O–H groups in total. The predicted molar refractivity (Wildman–Crippen MR) is 116 cm³/mol. The first-order valence-electron chi connectivity index (χ1n) is 7.63. The van der Waals surface area contributed by atoms with E-state index in [-0.39, 0.29) is 30.0 Å². The van der Waals surface area contributed by atoms with E-state index in [1.807, 2.05) is 38.4 Å². The average molecular weight is 475 g/mol. The van der Waals surface area contributed by atoms with Gasteiger partial charge in [-0.25, -0.2) is 0 Å². The second kappa shape index (κ2) is 10.5. The van der Waals surface area contributed by atoms with Crippen LogP contribution in [0.2, 0.25) is 5.02 Å². The van der Waals surface area contributed by atoms with Crippen LogP contribution < -0.4 is 15.8 Å². The third kappa shape index (κ3) is 6.37. The Balaban J connectivity index is 0.00000312. The SMILES string of the molecule is COc1ccc(NC(N)=NCC(c2ccccc2)N(C)C)cc1Cl.I. The molecule has 0 heterocycles. The van der Waals surface area contributed by atoms with Gasteiger partial charge in [0.15, 0.2) is 5.96 Å². The Morgan fingerprint density at radius 1 is 1.24 bits per heavy atom. The number of anilines is 1. The summed E-state index contributed by atoms with van der Waals surface area (Å²) in [5, 5.41) is 3.57. The summed E-state index contributed by atoms with van der Waals surface area (Å²) in [6.07, 6.45) is 0. The van der Waals surface area contributed by atoms with Crippen molar-refractivity contribution in [1.82, 2.24) is 4.90 Å². The quantitative estimate of drug-likeness (QED) is 0.377. The van der Waals surface area contributed by atoms with Crippen molar-refractivity contribution in [2.45, 2.75) is 6.04 Å². The fourth-order valence-corrected chi connectivity index (χ4v) is 2.62. The molecule has 136 valence electrons. The topological polar surface area (TPSA) is 62.9 Å². The molecule has 0 amide bonds. The van der Waals surface area contributed by atoms with Gasteiger partial charge in [0.1, 0.15) is 5.75 Å². The Bertz CT molecular complexity index is 695. The lowest BCUT2D eigenvalue weighted by molar-refractivity contribution is 0.306. The van der Waals surface area contributed by atoms with Gasteiger partial charge in [0.05, 0.1) is 24.7 Å². The molecule has 0 radical (unpaired) electrons. The highest BCUT2D eigenvalue weighted by atomic mass is 127. The number of ether oxygens (including phenoxy) is 1. The van der Waals surface area contributed by atoms with Crippen molar-refractivity contribution in [2.75, 3.05) is 33.1 Å². The van der Waals surface area contributed by atoms with Crippen LogP contribution in [0.4, 0.5) is 5.69 Å². The Kier molecular flexibility index (Phi) is 9.02. The third-order valence-electron chi connectivity index (χ3n) is 3.67. The molecule has 0 aliphatic carbocycles. The van der Waals surface area contributed by atoms with Crippen molar-refractivity contribution >= 4 is 47.2 Å². The zero-order valence-corrected chi connectivity index (χ0v) is 17.7. The standard InChI is InChI=1S/C18H23ClN4O.HI/c1-23(2)16(13-7-5-4-6-8-13)12-21-18(20)22-14-9-10-17(24-3)15(19)11-14;/h4-11,16H,12H2,1-3H3,(H3,20,21,22);1H. The van der Waals surface area contributed by atoms with Crippen molar-refractivity contribution in [3.63, 3.8) is 0 Å². The number of hydrogen-bond acceptors (Lipinski definition) is 3. The number of nitrogens with zero attached hydrogens (tertiary/aromatic N) is 2. The van der Waals surface area contributed by atoms with E-state index in [9.17, 15) is 0 Å². The molecule has 25 heavy (non-hydrogen) atoms. The highest BCUT2D eigenvalue weighted by molar-refractivity contribution is 14.0. The predicted octanol–water partition coefficient (Wildman–Crippen LogP) is 4.00. The molecule has 2 aromatic carbocycles. The van der Waals surface area contributed by atoms with Gasteiger partial charge in [-0.1, -0.05) is 41.9 Å². The molecule has 0 aliphatic rings. The summed E-state index contributed by atoms with van der Waals surface area (Å²) in [6.45, 7) is 0.555. The van der Waals surface area contributed by atoms with Crippen molar-refractivity contribution < 1.29 is 4.74 Å². The minimum atomic E-state index is 0. The van der Waals surface area contributed by atoms with Crippen LogP contribution in [-0.4, -0.2) is 38.6 Å². The second-order valence-electron chi connectivity index (χ2n) is 5.59. The van der Waals surface area contributed by atoms with E-state index in [0.717, 1.165) is 5.69 Å². The molecular formula is C18H24ClIN4O. The van der Waals surface area contributed by atoms with Gasteiger partial charge in [0.2, 0.25) is 0 Å². The summed E-state index contributed by atoms with van der Waals surface area (Å²) >= 11 is 6.11. The molecule has 0 fully saturated rings. The summed E-state index contributed by atoms with van der Waals surface area (Å²) in [4.78, 5) is 6.58. The lowest BCUT2D eigenvalue weighted by Gasteiger charge is -2.23. The number of hydrogen-bond donors (Lipinski definition) is 2. The van der Waals surface area contributed by atoms with Crippen LogP contribution in [0.5, 0.6) is 5.75 Å². The first-order chi connectivity index (χ1) is 11.5. The molecule has 0 bridgehead atoms. The first kappa shape index (κ1) is 21.5. The fourth-order valence-electron chi connectivity index (χ4n) is 2.36. The maximum absolute atomic E-state index is 6.11. The van der Waals surface area contributed by atoms with Crippen LogP contribution in [-0.2, 0) is 0 Å². The molecule has 1 unspecified atom stereocenters. The van der Waals surface area contributed by atoms with Gasteiger partial charge < -0.3 is 20.7 Å². The molecule has 5 nitrogen and oxygen atoms in total. The van der Waals surface area contributed by atoms with Crippen LogP contribution in [0.3, 0.4) is 0 Å². The lowest BCUT2D eigenvalue weighted by Crippen LogP contribution is -2.27. The maximum Gasteiger partial charge on any atom is 0.193 e. The Morgan fingerprint density at radius 2 is 1.92 bits per heavy atom. The highest BCUT2D eigenvalue weighted by Gasteiger charge is 2.13. The van der Waals surface area contributed by atoms with Crippen molar-refractivity contribution in [3.05, 3.63) is 59.1 Å². The lowest BCUT2D eigenvalue weighted by atomic mass is 10.1. The van der Waals surface area contributed by atoms with Gasteiger partial charge in [-0.3, -0.25) is 4.99 Å². The molecule has 7 heteroatoms. The normalized spacial score (nSPS) is 12.4. The van der Waals surface area contributed by atoms with E-state index < -0.39 is 0 Å². The molecule has 0 spiro atoms. The van der Waals surface area contributed by atoms with Crippen LogP contribution >= 0.6 is 35.6 Å². The summed E-state index contributed by atoms with van der Waals surface area (Å²) in [5.74, 6) is 0.966. The molecule has 0 saturated carbocycles. The highest BCUT2D eigenvalue weighted by Crippen LogP contribution is 2.27. The summed E-state index contributed by atoms with van der Waals surface area (Å²) in [7, 11) is 5.63. The van der Waals surface area contributed by atoms with Crippen LogP contribution in [0.15, 0.2) is 53.5 Å². The molecule has 2 rings (SSSR count). The molecule has 2 aromatic rings. The number of likely N-dealkylation sites (N-methyl/N-ethyl adjacent to an activating group) is 1. The van der Waals surface area contributed by atoms with E-state index in [2.05, 4.69) is 27.3 Å².